The lowest BCUT2D eigenvalue weighted by molar-refractivity contribution is 0.0931. The van der Waals surface area contributed by atoms with Crippen molar-refractivity contribution in [1.82, 2.24) is 5.32 Å². The molecule has 0 atom stereocenters. The molecule has 0 heterocycles. The topological polar surface area (TPSA) is 95.6 Å². The third-order valence-electron chi connectivity index (χ3n) is 3.96. The summed E-state index contributed by atoms with van der Waals surface area (Å²) in [5, 5.41) is 21.5. The Bertz CT molecular complexity index is 468. The fraction of sp³-hybridized carbons (Fsp3) is 0.500. The van der Waals surface area contributed by atoms with Gasteiger partial charge in [-0.25, -0.2) is 0 Å². The zero-order valence-corrected chi connectivity index (χ0v) is 10.9. The maximum atomic E-state index is 12.0. The number of nitrogens with two attached hydrogens (primary N) is 1. The van der Waals surface area contributed by atoms with Gasteiger partial charge in [-0.05, 0) is 43.0 Å². The highest BCUT2D eigenvalue weighted by atomic mass is 16.3. The number of phenols is 2. The molecule has 0 aromatic heterocycles. The number of rotatable bonds is 4. The van der Waals surface area contributed by atoms with Crippen molar-refractivity contribution in [3.8, 4) is 11.5 Å². The van der Waals surface area contributed by atoms with Crippen LogP contribution in [0.2, 0.25) is 0 Å². The standard InChI is InChI=1S/C14H20N2O3/c15-8-14(5-1-2-6-14)9-16-13(19)10-3-4-11(17)12(18)7-10/h3-4,7,17-18H,1-2,5-6,8-9,15H2,(H,16,19). The summed E-state index contributed by atoms with van der Waals surface area (Å²) in [6.07, 6.45) is 4.41. The Kier molecular flexibility index (Phi) is 3.95. The molecule has 104 valence electrons. The lowest BCUT2D eigenvalue weighted by Gasteiger charge is -2.27. The average molecular weight is 264 g/mol. The Balaban J connectivity index is 1.99. The summed E-state index contributed by atoms with van der Waals surface area (Å²) in [5.41, 5.74) is 6.17. The number of hydrogen-bond donors (Lipinski definition) is 4. The van der Waals surface area contributed by atoms with Gasteiger partial charge in [0.15, 0.2) is 11.5 Å². The van der Waals surface area contributed by atoms with Gasteiger partial charge in [0, 0.05) is 12.1 Å². The molecule has 0 bridgehead atoms. The van der Waals surface area contributed by atoms with E-state index in [1.807, 2.05) is 0 Å². The van der Waals surface area contributed by atoms with Crippen molar-refractivity contribution in [2.75, 3.05) is 13.1 Å². The number of benzene rings is 1. The number of nitrogens with one attached hydrogen (secondary N) is 1. The molecule has 1 aromatic carbocycles. The van der Waals surface area contributed by atoms with Crippen LogP contribution in [-0.2, 0) is 0 Å². The molecule has 5 nitrogen and oxygen atoms in total. The van der Waals surface area contributed by atoms with Crippen molar-refractivity contribution in [3.05, 3.63) is 23.8 Å². The van der Waals surface area contributed by atoms with Gasteiger partial charge in [0.05, 0.1) is 0 Å². The minimum absolute atomic E-state index is 0.0224. The molecule has 5 N–H and O–H groups in total. The molecule has 2 rings (SSSR count). The normalized spacial score (nSPS) is 17.3. The maximum absolute atomic E-state index is 12.0. The van der Waals surface area contributed by atoms with Crippen molar-refractivity contribution in [3.63, 3.8) is 0 Å². The average Bonchev–Trinajstić information content (AvgIpc) is 2.89. The first-order valence-corrected chi connectivity index (χ1v) is 6.57. The summed E-state index contributed by atoms with van der Waals surface area (Å²) < 4.78 is 0. The van der Waals surface area contributed by atoms with Crippen LogP contribution >= 0.6 is 0 Å². The van der Waals surface area contributed by atoms with Crippen LogP contribution in [0.15, 0.2) is 18.2 Å². The Hall–Kier alpha value is -1.75. The van der Waals surface area contributed by atoms with Crippen molar-refractivity contribution in [1.29, 1.82) is 0 Å². The number of carbonyl (C=O) groups excluding carboxylic acids is 1. The summed E-state index contributed by atoms with van der Waals surface area (Å²) in [5.74, 6) is -0.775. The van der Waals surface area contributed by atoms with Crippen molar-refractivity contribution >= 4 is 5.91 Å². The van der Waals surface area contributed by atoms with Crippen LogP contribution in [0.4, 0.5) is 0 Å². The van der Waals surface area contributed by atoms with Crippen LogP contribution in [0.5, 0.6) is 11.5 Å². The highest BCUT2D eigenvalue weighted by molar-refractivity contribution is 5.94. The van der Waals surface area contributed by atoms with E-state index in [2.05, 4.69) is 5.32 Å². The van der Waals surface area contributed by atoms with E-state index in [0.717, 1.165) is 25.7 Å². The first kappa shape index (κ1) is 13.7. The molecule has 0 saturated heterocycles. The number of aromatic hydroxyl groups is 2. The number of carbonyl (C=O) groups is 1. The van der Waals surface area contributed by atoms with Gasteiger partial charge in [-0.3, -0.25) is 4.79 Å². The number of amides is 1. The largest absolute Gasteiger partial charge is 0.504 e. The van der Waals surface area contributed by atoms with E-state index in [-0.39, 0.29) is 22.8 Å². The maximum Gasteiger partial charge on any atom is 0.251 e. The molecule has 0 spiro atoms. The predicted molar refractivity (Wildman–Crippen MR) is 72.1 cm³/mol. The molecular weight excluding hydrogens is 244 g/mol. The van der Waals surface area contributed by atoms with Crippen LogP contribution in [-0.4, -0.2) is 29.2 Å². The first-order valence-electron chi connectivity index (χ1n) is 6.57. The SMILES string of the molecule is NCC1(CNC(=O)c2ccc(O)c(O)c2)CCCC1. The Morgan fingerprint density at radius 2 is 1.95 bits per heavy atom. The molecule has 1 saturated carbocycles. The summed E-state index contributed by atoms with van der Waals surface area (Å²) in [6.45, 7) is 1.14. The molecule has 1 aliphatic carbocycles. The third-order valence-corrected chi connectivity index (χ3v) is 3.96. The Morgan fingerprint density at radius 3 is 2.53 bits per heavy atom. The van der Waals surface area contributed by atoms with Crippen LogP contribution in [0.25, 0.3) is 0 Å². The van der Waals surface area contributed by atoms with Gasteiger partial charge in [0.2, 0.25) is 0 Å². The quantitative estimate of drug-likeness (QED) is 0.617. The summed E-state index contributed by atoms with van der Waals surface area (Å²) >= 11 is 0. The van der Waals surface area contributed by atoms with Gasteiger partial charge in [-0.15, -0.1) is 0 Å². The molecule has 5 heteroatoms. The second-order valence-electron chi connectivity index (χ2n) is 5.30. The van der Waals surface area contributed by atoms with Crippen LogP contribution < -0.4 is 11.1 Å². The molecule has 1 aliphatic rings. The van der Waals surface area contributed by atoms with Crippen molar-refractivity contribution < 1.29 is 15.0 Å². The van der Waals surface area contributed by atoms with E-state index in [0.29, 0.717) is 18.7 Å². The van der Waals surface area contributed by atoms with E-state index in [9.17, 15) is 15.0 Å². The minimum Gasteiger partial charge on any atom is -0.504 e. The number of phenolic OH excluding ortho intramolecular Hbond substituents is 2. The Labute approximate surface area is 112 Å². The van der Waals surface area contributed by atoms with Crippen LogP contribution in [0.1, 0.15) is 36.0 Å². The molecule has 1 amide bonds. The zero-order chi connectivity index (χ0) is 13.9. The molecule has 0 aliphatic heterocycles. The second-order valence-corrected chi connectivity index (χ2v) is 5.30. The molecule has 0 unspecified atom stereocenters. The molecular formula is C14H20N2O3. The van der Waals surface area contributed by atoms with Gasteiger partial charge in [-0.1, -0.05) is 12.8 Å². The lowest BCUT2D eigenvalue weighted by Crippen LogP contribution is -2.40. The van der Waals surface area contributed by atoms with Crippen LogP contribution in [0.3, 0.4) is 0 Å². The van der Waals surface area contributed by atoms with Crippen molar-refractivity contribution in [2.24, 2.45) is 11.1 Å². The van der Waals surface area contributed by atoms with Gasteiger partial charge < -0.3 is 21.3 Å². The van der Waals surface area contributed by atoms with E-state index < -0.39 is 0 Å². The first-order chi connectivity index (χ1) is 9.06. The minimum atomic E-state index is -0.290. The second kappa shape index (κ2) is 5.48. The summed E-state index contributed by atoms with van der Waals surface area (Å²) in [4.78, 5) is 12.0. The Morgan fingerprint density at radius 1 is 1.26 bits per heavy atom. The fourth-order valence-electron chi connectivity index (χ4n) is 2.61. The van der Waals surface area contributed by atoms with Crippen LogP contribution in [0, 0.1) is 5.41 Å². The predicted octanol–water partition coefficient (Wildman–Crippen LogP) is 1.35. The van der Waals surface area contributed by atoms with E-state index in [1.165, 1.54) is 18.2 Å². The molecule has 1 fully saturated rings. The summed E-state index contributed by atoms with van der Waals surface area (Å²) in [6, 6.07) is 4.04. The third kappa shape index (κ3) is 2.98. The van der Waals surface area contributed by atoms with Gasteiger partial charge >= 0.3 is 0 Å². The summed E-state index contributed by atoms with van der Waals surface area (Å²) in [7, 11) is 0. The highest BCUT2D eigenvalue weighted by Crippen LogP contribution is 2.36. The van der Waals surface area contributed by atoms with Gasteiger partial charge in [0.1, 0.15) is 0 Å². The molecule has 19 heavy (non-hydrogen) atoms. The highest BCUT2D eigenvalue weighted by Gasteiger charge is 2.32. The van der Waals surface area contributed by atoms with E-state index in [1.54, 1.807) is 0 Å². The zero-order valence-electron chi connectivity index (χ0n) is 10.9. The molecule has 1 aromatic rings. The van der Waals surface area contributed by atoms with E-state index >= 15 is 0 Å². The van der Waals surface area contributed by atoms with Crippen molar-refractivity contribution in [2.45, 2.75) is 25.7 Å². The van der Waals surface area contributed by atoms with Gasteiger partial charge in [-0.2, -0.15) is 0 Å². The lowest BCUT2D eigenvalue weighted by atomic mass is 9.86. The van der Waals surface area contributed by atoms with E-state index in [4.69, 9.17) is 5.73 Å². The fourth-order valence-corrected chi connectivity index (χ4v) is 2.61. The van der Waals surface area contributed by atoms with Gasteiger partial charge in [0.25, 0.3) is 5.91 Å². The number of hydrogen-bond acceptors (Lipinski definition) is 4. The monoisotopic (exact) mass is 264 g/mol. The molecule has 0 radical (unpaired) electrons. The smallest absolute Gasteiger partial charge is 0.251 e.